The van der Waals surface area contributed by atoms with Gasteiger partial charge in [-0.2, -0.15) is 8.78 Å². The Balaban J connectivity index is 0.000000190. The zero-order valence-corrected chi connectivity index (χ0v) is 24.1. The highest BCUT2D eigenvalue weighted by atomic mass is 32.2. The van der Waals surface area contributed by atoms with E-state index in [1.807, 2.05) is 0 Å². The van der Waals surface area contributed by atoms with Gasteiger partial charge in [0.1, 0.15) is 0 Å². The third-order valence-electron chi connectivity index (χ3n) is 8.08. The van der Waals surface area contributed by atoms with Crippen LogP contribution in [0.5, 0.6) is 0 Å². The van der Waals surface area contributed by atoms with Crippen molar-refractivity contribution in [2.24, 2.45) is 17.8 Å². The van der Waals surface area contributed by atoms with Gasteiger partial charge in [-0.05, 0) is 92.7 Å². The van der Waals surface area contributed by atoms with Crippen LogP contribution in [-0.4, -0.2) is 36.5 Å². The summed E-state index contributed by atoms with van der Waals surface area (Å²) in [4.78, 5) is 15.8. The highest BCUT2D eigenvalue weighted by molar-refractivity contribution is 7.97. The van der Waals surface area contributed by atoms with Crippen molar-refractivity contribution in [1.82, 2.24) is 5.32 Å². The van der Waals surface area contributed by atoms with E-state index in [2.05, 4.69) is 101 Å². The van der Waals surface area contributed by atoms with Crippen LogP contribution in [0.25, 0.3) is 0 Å². The minimum Gasteiger partial charge on any atom is -0.743 e. The standard InChI is InChI=1S/C18H15S.C13H19F2NO5S.CH4/c1-4-10-16(11-5-1)19(17-12-6-2-7-13-17)18-14-8-3-9-15-18;14-13(15,22(18,19)20)7-21-11(17)16-12-4-8-1-9(5-12)3-10(2-8)6-12;/h1-15H;8-10H,1-7H2,(H,16,17)(H,18,19,20);1H4/q+1;;/p-1. The molecule has 0 heterocycles. The zero-order valence-electron chi connectivity index (χ0n) is 22.5. The Morgan fingerprint density at radius 1 is 0.810 bits per heavy atom. The molecule has 226 valence electrons. The molecule has 3 aromatic rings. The second-order valence-electron chi connectivity index (χ2n) is 11.2. The number of nitrogens with one attached hydrogen (secondary N) is 1. The number of rotatable bonds is 7. The molecular weight excluding hydrogens is 580 g/mol. The Kier molecular flexibility index (Phi) is 10.0. The van der Waals surface area contributed by atoms with Crippen LogP contribution in [0.15, 0.2) is 106 Å². The van der Waals surface area contributed by atoms with Crippen LogP contribution in [0, 0.1) is 17.8 Å². The molecule has 4 saturated carbocycles. The largest absolute Gasteiger partial charge is 0.743 e. The van der Waals surface area contributed by atoms with Crippen LogP contribution in [0.2, 0.25) is 0 Å². The number of ether oxygens (including phenoxy) is 1. The minimum absolute atomic E-state index is 0. The fourth-order valence-electron chi connectivity index (χ4n) is 6.82. The number of amides is 1. The molecule has 0 unspecified atom stereocenters. The lowest BCUT2D eigenvalue weighted by molar-refractivity contribution is -0.0285. The summed E-state index contributed by atoms with van der Waals surface area (Å²) < 4.78 is 61.3. The van der Waals surface area contributed by atoms with Crippen molar-refractivity contribution in [2.75, 3.05) is 6.61 Å². The van der Waals surface area contributed by atoms with Crippen LogP contribution in [0.1, 0.15) is 46.0 Å². The second kappa shape index (κ2) is 13.1. The van der Waals surface area contributed by atoms with Gasteiger partial charge in [-0.15, -0.1) is 0 Å². The summed E-state index contributed by atoms with van der Waals surface area (Å²) in [6, 6.07) is 32.2. The summed E-state index contributed by atoms with van der Waals surface area (Å²) in [5, 5.41) is -1.95. The Morgan fingerprint density at radius 2 is 1.17 bits per heavy atom. The van der Waals surface area contributed by atoms with E-state index in [0.29, 0.717) is 17.8 Å². The molecule has 0 spiro atoms. The molecule has 42 heavy (non-hydrogen) atoms. The monoisotopic (exact) mass is 617 g/mol. The summed E-state index contributed by atoms with van der Waals surface area (Å²) >= 11 is 0. The first-order chi connectivity index (χ1) is 19.5. The lowest BCUT2D eigenvalue weighted by Crippen LogP contribution is -2.60. The van der Waals surface area contributed by atoms with Crippen LogP contribution >= 0.6 is 0 Å². The maximum atomic E-state index is 13.0. The van der Waals surface area contributed by atoms with Crippen LogP contribution < -0.4 is 5.32 Å². The molecule has 4 aliphatic carbocycles. The molecular formula is C32H37F2NO5S2. The Morgan fingerprint density at radius 3 is 1.50 bits per heavy atom. The maximum absolute atomic E-state index is 13.0. The molecule has 0 aromatic heterocycles. The molecule has 6 nitrogen and oxygen atoms in total. The quantitative estimate of drug-likeness (QED) is 0.223. The van der Waals surface area contributed by atoms with Gasteiger partial charge in [0.15, 0.2) is 31.4 Å². The summed E-state index contributed by atoms with van der Waals surface area (Å²) in [7, 11) is -5.85. The van der Waals surface area contributed by atoms with E-state index in [1.165, 1.54) is 14.7 Å². The van der Waals surface area contributed by atoms with Crippen molar-refractivity contribution in [2.45, 2.75) is 71.4 Å². The number of hydrogen-bond acceptors (Lipinski definition) is 5. The highest BCUT2D eigenvalue weighted by Gasteiger charge is 2.52. The third-order valence-corrected chi connectivity index (χ3v) is 11.2. The minimum atomic E-state index is -5.84. The molecule has 1 N–H and O–H groups in total. The fourth-order valence-corrected chi connectivity index (χ4v) is 9.12. The molecule has 0 aliphatic heterocycles. The van der Waals surface area contributed by atoms with E-state index >= 15 is 0 Å². The predicted octanol–water partition coefficient (Wildman–Crippen LogP) is 7.24. The number of hydrogen-bond donors (Lipinski definition) is 1. The molecule has 0 radical (unpaired) electrons. The molecule has 0 saturated heterocycles. The Bertz CT molecular complexity index is 1290. The number of halogens is 2. The summed E-state index contributed by atoms with van der Waals surface area (Å²) in [6.45, 7) is -1.75. The van der Waals surface area contributed by atoms with Crippen LogP contribution in [0.4, 0.5) is 13.6 Å². The lowest BCUT2D eigenvalue weighted by Gasteiger charge is -2.56. The lowest BCUT2D eigenvalue weighted by atomic mass is 9.53. The van der Waals surface area contributed by atoms with Gasteiger partial charge in [0.2, 0.25) is 0 Å². The summed E-state index contributed by atoms with van der Waals surface area (Å²) in [6.07, 6.45) is 4.82. The van der Waals surface area contributed by atoms with Crippen molar-refractivity contribution in [3.63, 3.8) is 0 Å². The van der Waals surface area contributed by atoms with Gasteiger partial charge in [0.05, 0.1) is 10.9 Å². The molecule has 3 aromatic carbocycles. The molecule has 4 bridgehead atoms. The first-order valence-electron chi connectivity index (χ1n) is 13.7. The number of carbonyl (C=O) groups excluding carboxylic acids is 1. The number of carbonyl (C=O) groups is 1. The smallest absolute Gasteiger partial charge is 0.407 e. The van der Waals surface area contributed by atoms with E-state index in [-0.39, 0.29) is 18.3 Å². The Hall–Kier alpha value is -2.95. The average Bonchev–Trinajstić information content (AvgIpc) is 2.93. The zero-order chi connectivity index (χ0) is 29.1. The van der Waals surface area contributed by atoms with Gasteiger partial charge in [-0.25, -0.2) is 13.2 Å². The Labute approximate surface area is 250 Å². The first kappa shape index (κ1) is 32.0. The number of alkyl halides is 2. The van der Waals surface area contributed by atoms with E-state index in [9.17, 15) is 26.5 Å². The maximum Gasteiger partial charge on any atom is 0.407 e. The molecule has 10 heteroatoms. The average molecular weight is 618 g/mol. The third kappa shape index (κ3) is 7.51. The summed E-state index contributed by atoms with van der Waals surface area (Å²) in [5.41, 5.74) is -0.419. The topological polar surface area (TPSA) is 95.5 Å². The van der Waals surface area contributed by atoms with Crippen molar-refractivity contribution in [3.05, 3.63) is 91.0 Å². The molecule has 1 amide bonds. The van der Waals surface area contributed by atoms with Gasteiger partial charge < -0.3 is 14.6 Å². The van der Waals surface area contributed by atoms with Gasteiger partial charge in [0.25, 0.3) is 0 Å². The van der Waals surface area contributed by atoms with E-state index in [0.717, 1.165) is 38.5 Å². The van der Waals surface area contributed by atoms with Gasteiger partial charge in [0, 0.05) is 5.54 Å². The second-order valence-corrected chi connectivity index (χ2v) is 14.8. The van der Waals surface area contributed by atoms with E-state index in [1.54, 1.807) is 0 Å². The highest BCUT2D eigenvalue weighted by Crippen LogP contribution is 2.55. The molecule has 0 atom stereocenters. The molecule has 4 aliphatic rings. The van der Waals surface area contributed by atoms with E-state index < -0.39 is 33.6 Å². The summed E-state index contributed by atoms with van der Waals surface area (Å²) in [5.74, 6) is 1.65. The van der Waals surface area contributed by atoms with Crippen LogP contribution in [-0.2, 0) is 25.7 Å². The van der Waals surface area contributed by atoms with Crippen molar-refractivity contribution in [1.29, 1.82) is 0 Å². The van der Waals surface area contributed by atoms with Gasteiger partial charge in [-0.3, -0.25) is 0 Å². The van der Waals surface area contributed by atoms with E-state index in [4.69, 9.17) is 0 Å². The SMILES string of the molecule is C.O=C(NC12CC3CC(CC(C3)C1)C2)OCC(F)(F)S(=O)(=O)[O-].c1ccc([S+](c2ccccc2)c2ccccc2)cc1. The number of alkyl carbamates (subject to hydrolysis) is 1. The normalized spacial score (nSPS) is 24.2. The van der Waals surface area contributed by atoms with Gasteiger partial charge in [-0.1, -0.05) is 62.0 Å². The van der Waals surface area contributed by atoms with Crippen molar-refractivity contribution >= 4 is 27.1 Å². The fraction of sp³-hybridized carbons (Fsp3) is 0.406. The van der Waals surface area contributed by atoms with Gasteiger partial charge >= 0.3 is 11.3 Å². The van der Waals surface area contributed by atoms with Crippen molar-refractivity contribution < 1.29 is 31.3 Å². The van der Waals surface area contributed by atoms with Crippen LogP contribution in [0.3, 0.4) is 0 Å². The predicted molar refractivity (Wildman–Crippen MR) is 158 cm³/mol. The molecule has 4 fully saturated rings. The number of benzene rings is 3. The first-order valence-corrected chi connectivity index (χ1v) is 16.3. The van der Waals surface area contributed by atoms with Crippen molar-refractivity contribution in [3.8, 4) is 0 Å². The molecule has 7 rings (SSSR count).